The number of rotatable bonds is 7. The SMILES string of the molecule is CC(C)CCNCC(C)OC1CC(C)CC(C)(C)C1. The molecule has 19 heavy (non-hydrogen) atoms. The molecule has 1 saturated carbocycles. The van der Waals surface area contributed by atoms with Crippen molar-refractivity contribution >= 4 is 0 Å². The first-order valence-electron chi connectivity index (χ1n) is 8.14. The van der Waals surface area contributed by atoms with Crippen molar-refractivity contribution in [3.05, 3.63) is 0 Å². The molecule has 0 saturated heterocycles. The number of hydrogen-bond donors (Lipinski definition) is 1. The van der Waals surface area contributed by atoms with E-state index in [0.717, 1.165) is 24.9 Å². The maximum atomic E-state index is 6.24. The summed E-state index contributed by atoms with van der Waals surface area (Å²) in [5.41, 5.74) is 0.452. The minimum Gasteiger partial charge on any atom is -0.374 e. The number of nitrogens with one attached hydrogen (secondary N) is 1. The van der Waals surface area contributed by atoms with E-state index >= 15 is 0 Å². The third kappa shape index (κ3) is 7.31. The quantitative estimate of drug-likeness (QED) is 0.698. The lowest BCUT2D eigenvalue weighted by molar-refractivity contribution is -0.0575. The second kappa shape index (κ2) is 7.64. The zero-order valence-corrected chi connectivity index (χ0v) is 14.0. The Bertz CT molecular complexity index is 250. The molecule has 1 aliphatic carbocycles. The summed E-state index contributed by atoms with van der Waals surface area (Å²) < 4.78 is 6.24. The summed E-state index contributed by atoms with van der Waals surface area (Å²) in [6, 6.07) is 0. The van der Waals surface area contributed by atoms with Gasteiger partial charge in [-0.2, -0.15) is 0 Å². The van der Waals surface area contributed by atoms with Gasteiger partial charge in [0, 0.05) is 6.54 Å². The normalized spacial score (nSPS) is 28.6. The molecule has 1 aliphatic rings. The van der Waals surface area contributed by atoms with Gasteiger partial charge in [-0.3, -0.25) is 0 Å². The largest absolute Gasteiger partial charge is 0.374 e. The highest BCUT2D eigenvalue weighted by molar-refractivity contribution is 4.84. The van der Waals surface area contributed by atoms with Crippen molar-refractivity contribution in [2.75, 3.05) is 13.1 Å². The van der Waals surface area contributed by atoms with Crippen molar-refractivity contribution in [3.8, 4) is 0 Å². The Morgan fingerprint density at radius 2 is 1.89 bits per heavy atom. The van der Waals surface area contributed by atoms with Gasteiger partial charge in [0.2, 0.25) is 0 Å². The molecule has 0 spiro atoms. The molecule has 0 bridgehead atoms. The van der Waals surface area contributed by atoms with Crippen LogP contribution in [-0.4, -0.2) is 25.3 Å². The molecular formula is C17H35NO. The van der Waals surface area contributed by atoms with Crippen molar-refractivity contribution in [1.29, 1.82) is 0 Å². The molecule has 0 radical (unpaired) electrons. The van der Waals surface area contributed by atoms with Gasteiger partial charge in [-0.15, -0.1) is 0 Å². The topological polar surface area (TPSA) is 21.3 Å². The van der Waals surface area contributed by atoms with E-state index in [-0.39, 0.29) is 0 Å². The Balaban J connectivity index is 2.22. The van der Waals surface area contributed by atoms with Gasteiger partial charge in [-0.1, -0.05) is 34.6 Å². The Kier molecular flexibility index (Phi) is 6.82. The van der Waals surface area contributed by atoms with E-state index in [1.807, 2.05) is 0 Å². The fraction of sp³-hybridized carbons (Fsp3) is 1.00. The van der Waals surface area contributed by atoms with E-state index in [4.69, 9.17) is 4.74 Å². The van der Waals surface area contributed by atoms with Crippen LogP contribution in [0.2, 0.25) is 0 Å². The summed E-state index contributed by atoms with van der Waals surface area (Å²) in [6.45, 7) is 16.0. The third-order valence-corrected chi connectivity index (χ3v) is 4.10. The second-order valence-electron chi connectivity index (χ2n) is 7.87. The zero-order valence-electron chi connectivity index (χ0n) is 14.0. The van der Waals surface area contributed by atoms with E-state index in [9.17, 15) is 0 Å². The molecule has 114 valence electrons. The first-order valence-corrected chi connectivity index (χ1v) is 8.14. The van der Waals surface area contributed by atoms with Crippen LogP contribution >= 0.6 is 0 Å². The Morgan fingerprint density at radius 3 is 2.47 bits per heavy atom. The first kappa shape index (κ1) is 17.0. The average molecular weight is 269 g/mol. The molecule has 1 rings (SSSR count). The monoisotopic (exact) mass is 269 g/mol. The van der Waals surface area contributed by atoms with Crippen LogP contribution in [0.3, 0.4) is 0 Å². The van der Waals surface area contributed by atoms with E-state index in [1.165, 1.54) is 25.7 Å². The van der Waals surface area contributed by atoms with Gasteiger partial charge in [0.1, 0.15) is 0 Å². The van der Waals surface area contributed by atoms with Gasteiger partial charge in [-0.25, -0.2) is 0 Å². The molecule has 2 nitrogen and oxygen atoms in total. The van der Waals surface area contributed by atoms with Crippen molar-refractivity contribution in [1.82, 2.24) is 5.32 Å². The van der Waals surface area contributed by atoms with Gasteiger partial charge < -0.3 is 10.1 Å². The fourth-order valence-corrected chi connectivity index (χ4v) is 3.43. The van der Waals surface area contributed by atoms with Crippen LogP contribution in [0.5, 0.6) is 0 Å². The van der Waals surface area contributed by atoms with Gasteiger partial charge in [-0.05, 0) is 56.4 Å². The molecule has 1 N–H and O–H groups in total. The standard InChI is InChI=1S/C17H35NO/c1-13(2)7-8-18-12-15(4)19-16-9-14(3)10-17(5,6)11-16/h13-16,18H,7-12H2,1-6H3. The van der Waals surface area contributed by atoms with E-state index in [0.29, 0.717) is 17.6 Å². The van der Waals surface area contributed by atoms with Crippen LogP contribution < -0.4 is 5.32 Å². The Hall–Kier alpha value is -0.0800. The molecule has 1 fully saturated rings. The minimum atomic E-state index is 0.332. The average Bonchev–Trinajstić information content (AvgIpc) is 2.21. The number of ether oxygens (including phenoxy) is 1. The zero-order chi connectivity index (χ0) is 14.5. The molecule has 0 heterocycles. The Morgan fingerprint density at radius 1 is 1.21 bits per heavy atom. The van der Waals surface area contributed by atoms with Crippen molar-refractivity contribution in [3.63, 3.8) is 0 Å². The molecule has 2 heteroatoms. The maximum absolute atomic E-state index is 6.24. The van der Waals surface area contributed by atoms with Crippen molar-refractivity contribution in [2.45, 2.75) is 79.4 Å². The summed E-state index contributed by atoms with van der Waals surface area (Å²) >= 11 is 0. The van der Waals surface area contributed by atoms with Gasteiger partial charge >= 0.3 is 0 Å². The summed E-state index contributed by atoms with van der Waals surface area (Å²) in [6.07, 6.45) is 5.83. The molecule has 3 atom stereocenters. The molecule has 0 aliphatic heterocycles. The smallest absolute Gasteiger partial charge is 0.0675 e. The van der Waals surface area contributed by atoms with E-state index < -0.39 is 0 Å². The fourth-order valence-electron chi connectivity index (χ4n) is 3.43. The lowest BCUT2D eigenvalue weighted by Crippen LogP contribution is -2.37. The molecule has 0 aromatic carbocycles. The van der Waals surface area contributed by atoms with Gasteiger partial charge in [0.15, 0.2) is 0 Å². The summed E-state index contributed by atoms with van der Waals surface area (Å²) in [5, 5.41) is 3.51. The molecule has 0 amide bonds. The summed E-state index contributed by atoms with van der Waals surface area (Å²) in [5.74, 6) is 1.58. The van der Waals surface area contributed by atoms with Crippen LogP contribution in [0.4, 0.5) is 0 Å². The lowest BCUT2D eigenvalue weighted by atomic mass is 9.71. The van der Waals surface area contributed by atoms with Crippen LogP contribution in [0.25, 0.3) is 0 Å². The summed E-state index contributed by atoms with van der Waals surface area (Å²) in [4.78, 5) is 0. The summed E-state index contributed by atoms with van der Waals surface area (Å²) in [7, 11) is 0. The molecule has 3 unspecified atom stereocenters. The predicted molar refractivity (Wildman–Crippen MR) is 83.5 cm³/mol. The van der Waals surface area contributed by atoms with Crippen LogP contribution in [-0.2, 0) is 4.74 Å². The van der Waals surface area contributed by atoms with Crippen LogP contribution in [0.1, 0.15) is 67.2 Å². The highest BCUT2D eigenvalue weighted by atomic mass is 16.5. The highest BCUT2D eigenvalue weighted by Gasteiger charge is 2.33. The molecule has 0 aromatic rings. The minimum absolute atomic E-state index is 0.332. The van der Waals surface area contributed by atoms with E-state index in [2.05, 4.69) is 46.9 Å². The van der Waals surface area contributed by atoms with Crippen LogP contribution in [0, 0.1) is 17.3 Å². The van der Waals surface area contributed by atoms with E-state index in [1.54, 1.807) is 0 Å². The van der Waals surface area contributed by atoms with Crippen molar-refractivity contribution in [2.24, 2.45) is 17.3 Å². The van der Waals surface area contributed by atoms with Gasteiger partial charge in [0.05, 0.1) is 12.2 Å². The lowest BCUT2D eigenvalue weighted by Gasteiger charge is -2.39. The molecule has 0 aromatic heterocycles. The Labute approximate surface area is 120 Å². The highest BCUT2D eigenvalue weighted by Crippen LogP contribution is 2.39. The third-order valence-electron chi connectivity index (χ3n) is 4.10. The first-order chi connectivity index (χ1) is 8.78. The van der Waals surface area contributed by atoms with Crippen molar-refractivity contribution < 1.29 is 4.74 Å². The maximum Gasteiger partial charge on any atom is 0.0675 e. The second-order valence-corrected chi connectivity index (χ2v) is 7.87. The predicted octanol–water partition coefficient (Wildman–Crippen LogP) is 4.24. The van der Waals surface area contributed by atoms with Gasteiger partial charge in [0.25, 0.3) is 0 Å². The molecular weight excluding hydrogens is 234 g/mol. The number of hydrogen-bond acceptors (Lipinski definition) is 2. The van der Waals surface area contributed by atoms with Crippen LogP contribution in [0.15, 0.2) is 0 Å².